The smallest absolute Gasteiger partial charge is 0.0466 e. The van der Waals surface area contributed by atoms with Crippen molar-refractivity contribution >= 4 is 11.8 Å². The van der Waals surface area contributed by atoms with Gasteiger partial charge in [0.25, 0.3) is 0 Å². The lowest BCUT2D eigenvalue weighted by molar-refractivity contribution is 0.940. The van der Waals surface area contributed by atoms with Gasteiger partial charge in [0.15, 0.2) is 0 Å². The largest absolute Gasteiger partial charge is 0.329 e. The molecule has 1 nitrogen and oxygen atoms in total. The maximum atomic E-state index is 5.94. The molecule has 0 bridgehead atoms. The Morgan fingerprint density at radius 1 is 0.947 bits per heavy atom. The van der Waals surface area contributed by atoms with E-state index in [1.807, 2.05) is 11.8 Å². The third-order valence-corrected chi connectivity index (χ3v) is 4.70. The molecule has 0 aliphatic heterocycles. The zero-order valence-electron chi connectivity index (χ0n) is 11.8. The fraction of sp³-hybridized carbons (Fsp3) is 0.294. The summed E-state index contributed by atoms with van der Waals surface area (Å²) >= 11 is 1.85. The van der Waals surface area contributed by atoms with E-state index in [0.717, 1.165) is 0 Å². The predicted octanol–water partition coefficient (Wildman–Crippen LogP) is 4.40. The summed E-state index contributed by atoms with van der Waals surface area (Å²) in [5.74, 6) is 0. The summed E-state index contributed by atoms with van der Waals surface area (Å²) < 4.78 is 0. The molecule has 19 heavy (non-hydrogen) atoms. The minimum absolute atomic E-state index is 0.322. The maximum absolute atomic E-state index is 5.94. The van der Waals surface area contributed by atoms with E-state index >= 15 is 0 Å². The van der Waals surface area contributed by atoms with Gasteiger partial charge in [0, 0.05) is 16.7 Å². The first-order chi connectivity index (χ1) is 9.10. The van der Waals surface area contributed by atoms with Crippen molar-refractivity contribution in [1.82, 2.24) is 0 Å². The van der Waals surface area contributed by atoms with E-state index in [0.29, 0.717) is 11.8 Å². The van der Waals surface area contributed by atoms with Crippen LogP contribution in [0.4, 0.5) is 0 Å². The molecule has 2 rings (SSSR count). The van der Waals surface area contributed by atoms with Gasteiger partial charge in [-0.05, 0) is 49.6 Å². The van der Waals surface area contributed by atoms with Crippen molar-refractivity contribution < 1.29 is 0 Å². The Hall–Kier alpha value is -1.25. The summed E-state index contributed by atoms with van der Waals surface area (Å²) in [5, 5.41) is 0.322. The Labute approximate surface area is 120 Å². The van der Waals surface area contributed by atoms with Crippen LogP contribution in [0.3, 0.4) is 0 Å². The fourth-order valence-corrected chi connectivity index (χ4v) is 3.09. The molecule has 2 heteroatoms. The van der Waals surface area contributed by atoms with Gasteiger partial charge in [-0.25, -0.2) is 0 Å². The normalized spacial score (nSPS) is 12.4. The zero-order chi connectivity index (χ0) is 13.8. The maximum Gasteiger partial charge on any atom is 0.0466 e. The van der Waals surface area contributed by atoms with Crippen molar-refractivity contribution in [3.63, 3.8) is 0 Å². The van der Waals surface area contributed by atoms with E-state index in [-0.39, 0.29) is 0 Å². The highest BCUT2D eigenvalue weighted by Crippen LogP contribution is 2.35. The van der Waals surface area contributed by atoms with Gasteiger partial charge in [0.05, 0.1) is 0 Å². The van der Waals surface area contributed by atoms with E-state index in [4.69, 9.17) is 5.73 Å². The first-order valence-corrected chi connectivity index (χ1v) is 7.48. The van der Waals surface area contributed by atoms with Gasteiger partial charge in [0.2, 0.25) is 0 Å². The molecule has 1 atom stereocenters. The monoisotopic (exact) mass is 271 g/mol. The van der Waals surface area contributed by atoms with E-state index in [9.17, 15) is 0 Å². The molecule has 0 radical (unpaired) electrons. The number of nitrogens with two attached hydrogens (primary N) is 1. The molecule has 0 aliphatic rings. The van der Waals surface area contributed by atoms with Crippen LogP contribution in [0.2, 0.25) is 0 Å². The molecule has 0 spiro atoms. The molecular formula is C17H21NS. The number of hydrogen-bond donors (Lipinski definition) is 1. The Morgan fingerprint density at radius 2 is 1.63 bits per heavy atom. The van der Waals surface area contributed by atoms with Crippen LogP contribution < -0.4 is 5.73 Å². The summed E-state index contributed by atoms with van der Waals surface area (Å²) in [6, 6.07) is 15.3. The number of benzene rings is 2. The molecule has 0 saturated carbocycles. The third-order valence-electron chi connectivity index (χ3n) is 3.42. The summed E-state index contributed by atoms with van der Waals surface area (Å²) in [7, 11) is 0. The van der Waals surface area contributed by atoms with Crippen LogP contribution >= 0.6 is 11.8 Å². The molecule has 2 aromatic rings. The summed E-state index contributed by atoms with van der Waals surface area (Å²) in [6.45, 7) is 7.06. The van der Waals surface area contributed by atoms with Crippen LogP contribution in [0.5, 0.6) is 0 Å². The molecule has 100 valence electrons. The van der Waals surface area contributed by atoms with Crippen LogP contribution in [0.15, 0.2) is 47.4 Å². The van der Waals surface area contributed by atoms with Gasteiger partial charge in [-0.1, -0.05) is 35.9 Å². The Kier molecular flexibility index (Phi) is 4.67. The third kappa shape index (κ3) is 3.62. The van der Waals surface area contributed by atoms with Crippen LogP contribution in [-0.4, -0.2) is 6.54 Å². The first kappa shape index (κ1) is 14.2. The van der Waals surface area contributed by atoms with Crippen molar-refractivity contribution in [2.45, 2.75) is 30.9 Å². The second-order valence-electron chi connectivity index (χ2n) is 5.00. The minimum atomic E-state index is 0.322. The predicted molar refractivity (Wildman–Crippen MR) is 84.7 cm³/mol. The summed E-state index contributed by atoms with van der Waals surface area (Å²) in [5.41, 5.74) is 11.2. The fourth-order valence-electron chi connectivity index (χ4n) is 1.98. The first-order valence-electron chi connectivity index (χ1n) is 6.60. The lowest BCUT2D eigenvalue weighted by Gasteiger charge is -2.16. The number of aryl methyl sites for hydroxylation is 3. The van der Waals surface area contributed by atoms with E-state index in [1.54, 1.807) is 0 Å². The Bertz CT molecular complexity index is 546. The lowest BCUT2D eigenvalue weighted by Crippen LogP contribution is -2.09. The topological polar surface area (TPSA) is 26.0 Å². The minimum Gasteiger partial charge on any atom is -0.329 e. The standard InChI is InChI=1S/C17H21NS/c1-12-4-7-15(8-5-12)17(11-18)19-16-9-6-13(2)14(3)10-16/h4-10,17H,11,18H2,1-3H3. The van der Waals surface area contributed by atoms with Crippen LogP contribution in [0, 0.1) is 20.8 Å². The summed E-state index contributed by atoms with van der Waals surface area (Å²) in [4.78, 5) is 1.29. The molecule has 1 unspecified atom stereocenters. The van der Waals surface area contributed by atoms with Crippen molar-refractivity contribution in [1.29, 1.82) is 0 Å². The SMILES string of the molecule is Cc1ccc(C(CN)Sc2ccc(C)c(C)c2)cc1. The van der Waals surface area contributed by atoms with E-state index < -0.39 is 0 Å². The van der Waals surface area contributed by atoms with Gasteiger partial charge in [-0.2, -0.15) is 0 Å². The molecule has 0 fully saturated rings. The molecule has 0 aromatic heterocycles. The molecule has 0 saturated heterocycles. The highest BCUT2D eigenvalue weighted by atomic mass is 32.2. The highest BCUT2D eigenvalue weighted by Gasteiger charge is 2.11. The second kappa shape index (κ2) is 6.27. The molecule has 0 heterocycles. The molecule has 0 amide bonds. The molecular weight excluding hydrogens is 250 g/mol. The highest BCUT2D eigenvalue weighted by molar-refractivity contribution is 7.99. The van der Waals surface area contributed by atoms with Crippen molar-refractivity contribution in [3.8, 4) is 0 Å². The van der Waals surface area contributed by atoms with Gasteiger partial charge >= 0.3 is 0 Å². The van der Waals surface area contributed by atoms with E-state index in [1.165, 1.54) is 27.1 Å². The van der Waals surface area contributed by atoms with E-state index in [2.05, 4.69) is 63.2 Å². The molecule has 2 N–H and O–H groups in total. The van der Waals surface area contributed by atoms with Crippen LogP contribution in [0.25, 0.3) is 0 Å². The van der Waals surface area contributed by atoms with Gasteiger partial charge in [-0.15, -0.1) is 11.8 Å². The second-order valence-corrected chi connectivity index (χ2v) is 6.28. The number of thioether (sulfide) groups is 1. The Balaban J connectivity index is 2.18. The van der Waals surface area contributed by atoms with Crippen LogP contribution in [0.1, 0.15) is 27.5 Å². The Morgan fingerprint density at radius 3 is 2.21 bits per heavy atom. The average Bonchev–Trinajstić information content (AvgIpc) is 2.41. The summed E-state index contributed by atoms with van der Waals surface area (Å²) in [6.07, 6.45) is 0. The van der Waals surface area contributed by atoms with Gasteiger partial charge < -0.3 is 5.73 Å². The number of hydrogen-bond acceptors (Lipinski definition) is 2. The number of rotatable bonds is 4. The lowest BCUT2D eigenvalue weighted by atomic mass is 10.1. The van der Waals surface area contributed by atoms with Gasteiger partial charge in [0.1, 0.15) is 0 Å². The zero-order valence-corrected chi connectivity index (χ0v) is 12.6. The van der Waals surface area contributed by atoms with Crippen LogP contribution in [-0.2, 0) is 0 Å². The van der Waals surface area contributed by atoms with Crippen molar-refractivity contribution in [3.05, 3.63) is 64.7 Å². The van der Waals surface area contributed by atoms with Crippen molar-refractivity contribution in [2.75, 3.05) is 6.54 Å². The van der Waals surface area contributed by atoms with Gasteiger partial charge in [-0.3, -0.25) is 0 Å². The molecule has 2 aromatic carbocycles. The average molecular weight is 271 g/mol. The quantitative estimate of drug-likeness (QED) is 0.834. The molecule has 0 aliphatic carbocycles. The van der Waals surface area contributed by atoms with Crippen molar-refractivity contribution in [2.24, 2.45) is 5.73 Å².